The van der Waals surface area contributed by atoms with E-state index in [1.807, 2.05) is 13.0 Å². The quantitative estimate of drug-likeness (QED) is 0.519. The number of amides is 1. The van der Waals surface area contributed by atoms with Gasteiger partial charge in [-0.25, -0.2) is 0 Å². The molecular formula is C15H11Br2Cl2N5O. The zero-order valence-electron chi connectivity index (χ0n) is 12.8. The van der Waals surface area contributed by atoms with E-state index in [1.54, 1.807) is 22.9 Å². The number of aryl methyl sites for hydroxylation is 1. The van der Waals surface area contributed by atoms with E-state index in [0.717, 1.165) is 11.3 Å². The number of aromatic nitrogens is 4. The van der Waals surface area contributed by atoms with Crippen LogP contribution in [0.5, 0.6) is 0 Å². The second-order valence-corrected chi connectivity index (χ2v) is 7.63. The maximum atomic E-state index is 12.3. The van der Waals surface area contributed by atoms with Crippen LogP contribution in [0.4, 0.5) is 5.82 Å². The molecule has 130 valence electrons. The molecule has 0 spiro atoms. The summed E-state index contributed by atoms with van der Waals surface area (Å²) in [6.07, 6.45) is 0. The van der Waals surface area contributed by atoms with Gasteiger partial charge in [0.1, 0.15) is 4.60 Å². The van der Waals surface area contributed by atoms with E-state index in [1.165, 1.54) is 0 Å². The molecule has 1 amide bonds. The van der Waals surface area contributed by atoms with E-state index in [-0.39, 0.29) is 11.6 Å². The number of hydrogen-bond donors (Lipinski definition) is 2. The van der Waals surface area contributed by atoms with Gasteiger partial charge in [-0.05, 0) is 56.5 Å². The molecule has 0 fully saturated rings. The number of carbonyl (C=O) groups excluding carboxylic acids is 1. The number of rotatable bonds is 4. The Morgan fingerprint density at radius 3 is 2.68 bits per heavy atom. The molecule has 0 aliphatic carbocycles. The predicted molar refractivity (Wildman–Crippen MR) is 104 cm³/mol. The fourth-order valence-corrected chi connectivity index (χ4v) is 3.13. The number of carbonyl (C=O) groups is 1. The first-order chi connectivity index (χ1) is 11.8. The van der Waals surface area contributed by atoms with Crippen LogP contribution in [0.15, 0.2) is 33.3 Å². The lowest BCUT2D eigenvalue weighted by Gasteiger charge is -2.06. The summed E-state index contributed by atoms with van der Waals surface area (Å²) >= 11 is 18.5. The summed E-state index contributed by atoms with van der Waals surface area (Å²) in [5.41, 5.74) is 2.09. The third-order valence-electron chi connectivity index (χ3n) is 3.42. The summed E-state index contributed by atoms with van der Waals surface area (Å²) in [6.45, 7) is 2.41. The molecule has 25 heavy (non-hydrogen) atoms. The van der Waals surface area contributed by atoms with E-state index in [0.29, 0.717) is 31.5 Å². The number of nitrogens with zero attached hydrogens (tertiary/aromatic N) is 3. The summed E-state index contributed by atoms with van der Waals surface area (Å²) in [4.78, 5) is 12.3. The van der Waals surface area contributed by atoms with E-state index < -0.39 is 0 Å². The number of benzene rings is 1. The SMILES string of the molecule is Cc1cc(NC(=O)c2n[nH]c(Br)c2Br)nn1Cc1ccc(Cl)c(Cl)c1. The van der Waals surface area contributed by atoms with Gasteiger partial charge in [-0.2, -0.15) is 10.2 Å². The molecule has 0 saturated carbocycles. The Morgan fingerprint density at radius 1 is 1.28 bits per heavy atom. The van der Waals surface area contributed by atoms with Gasteiger partial charge in [0.05, 0.1) is 21.1 Å². The molecule has 3 rings (SSSR count). The second kappa shape index (κ2) is 7.49. The molecule has 0 saturated heterocycles. The lowest BCUT2D eigenvalue weighted by atomic mass is 10.2. The zero-order valence-corrected chi connectivity index (χ0v) is 17.5. The highest BCUT2D eigenvalue weighted by Gasteiger charge is 2.18. The molecule has 0 radical (unpaired) electrons. The lowest BCUT2D eigenvalue weighted by Crippen LogP contribution is -2.14. The van der Waals surface area contributed by atoms with Crippen LogP contribution < -0.4 is 5.32 Å². The van der Waals surface area contributed by atoms with Crippen LogP contribution in [0.3, 0.4) is 0 Å². The molecule has 3 aromatic rings. The van der Waals surface area contributed by atoms with Gasteiger partial charge in [-0.15, -0.1) is 0 Å². The normalized spacial score (nSPS) is 10.9. The first-order valence-corrected chi connectivity index (χ1v) is 9.38. The Balaban J connectivity index is 1.77. The van der Waals surface area contributed by atoms with Crippen molar-refractivity contribution >= 4 is 66.8 Å². The number of aromatic amines is 1. The fraction of sp³-hybridized carbons (Fsp3) is 0.133. The standard InChI is InChI=1S/C15H11Br2Cl2N5O/c1-7-4-11(20-15(25)13-12(16)14(17)22-21-13)23-24(7)6-8-2-3-9(18)10(19)5-8/h2-5H,6H2,1H3,(H,21,22)(H,20,23,25). The van der Waals surface area contributed by atoms with Crippen molar-refractivity contribution in [3.8, 4) is 0 Å². The largest absolute Gasteiger partial charge is 0.304 e. The van der Waals surface area contributed by atoms with Gasteiger partial charge >= 0.3 is 0 Å². The molecule has 2 N–H and O–H groups in total. The average Bonchev–Trinajstić information content (AvgIpc) is 3.06. The first kappa shape index (κ1) is 18.4. The summed E-state index contributed by atoms with van der Waals surface area (Å²) in [5.74, 6) is 0.0709. The van der Waals surface area contributed by atoms with Crippen molar-refractivity contribution in [2.75, 3.05) is 5.32 Å². The van der Waals surface area contributed by atoms with Crippen LogP contribution in [0.25, 0.3) is 0 Å². The van der Waals surface area contributed by atoms with Crippen molar-refractivity contribution in [2.45, 2.75) is 13.5 Å². The highest BCUT2D eigenvalue weighted by Crippen LogP contribution is 2.25. The Labute approximate surface area is 170 Å². The van der Waals surface area contributed by atoms with Gasteiger partial charge in [0, 0.05) is 11.8 Å². The maximum Gasteiger partial charge on any atom is 0.278 e. The van der Waals surface area contributed by atoms with Crippen molar-refractivity contribution in [2.24, 2.45) is 0 Å². The van der Waals surface area contributed by atoms with Crippen molar-refractivity contribution in [3.63, 3.8) is 0 Å². The molecule has 2 heterocycles. The molecule has 0 bridgehead atoms. The van der Waals surface area contributed by atoms with Gasteiger partial charge in [-0.1, -0.05) is 29.3 Å². The van der Waals surface area contributed by atoms with Crippen LogP contribution in [0, 0.1) is 6.92 Å². The van der Waals surface area contributed by atoms with Crippen LogP contribution in [0.1, 0.15) is 21.7 Å². The molecular weight excluding hydrogens is 497 g/mol. The Bertz CT molecular complexity index is 954. The number of anilines is 1. The lowest BCUT2D eigenvalue weighted by molar-refractivity contribution is 0.102. The molecule has 0 aliphatic heterocycles. The second-order valence-electron chi connectivity index (χ2n) is 5.23. The average molecular weight is 508 g/mol. The van der Waals surface area contributed by atoms with Gasteiger partial charge < -0.3 is 5.32 Å². The Morgan fingerprint density at radius 2 is 2.04 bits per heavy atom. The molecule has 6 nitrogen and oxygen atoms in total. The zero-order chi connectivity index (χ0) is 18.1. The molecule has 0 atom stereocenters. The topological polar surface area (TPSA) is 75.6 Å². The summed E-state index contributed by atoms with van der Waals surface area (Å²) in [7, 11) is 0. The molecule has 0 unspecified atom stereocenters. The number of H-pyrrole nitrogens is 1. The molecule has 0 aliphatic rings. The fourth-order valence-electron chi connectivity index (χ4n) is 2.18. The Kier molecular flexibility index (Phi) is 5.52. The predicted octanol–water partition coefficient (Wildman–Crippen LogP) is 5.05. The third kappa shape index (κ3) is 4.08. The highest BCUT2D eigenvalue weighted by atomic mass is 79.9. The minimum atomic E-state index is -0.368. The summed E-state index contributed by atoms with van der Waals surface area (Å²) in [6, 6.07) is 7.20. The smallest absolute Gasteiger partial charge is 0.278 e. The summed E-state index contributed by atoms with van der Waals surface area (Å²) < 4.78 is 2.92. The summed E-state index contributed by atoms with van der Waals surface area (Å²) in [5, 5.41) is 14.7. The maximum absolute atomic E-state index is 12.3. The van der Waals surface area contributed by atoms with E-state index in [2.05, 4.69) is 52.5 Å². The van der Waals surface area contributed by atoms with Gasteiger partial charge in [-0.3, -0.25) is 14.6 Å². The molecule has 10 heteroatoms. The van der Waals surface area contributed by atoms with Crippen molar-refractivity contribution in [1.82, 2.24) is 20.0 Å². The Hall–Kier alpha value is -1.35. The van der Waals surface area contributed by atoms with Gasteiger partial charge in [0.2, 0.25) is 0 Å². The van der Waals surface area contributed by atoms with Crippen molar-refractivity contribution < 1.29 is 4.79 Å². The van der Waals surface area contributed by atoms with Crippen LogP contribution in [0.2, 0.25) is 10.0 Å². The number of hydrogen-bond acceptors (Lipinski definition) is 3. The van der Waals surface area contributed by atoms with Crippen LogP contribution in [-0.2, 0) is 6.54 Å². The van der Waals surface area contributed by atoms with E-state index in [9.17, 15) is 4.79 Å². The first-order valence-electron chi connectivity index (χ1n) is 7.04. The minimum Gasteiger partial charge on any atom is -0.304 e. The third-order valence-corrected chi connectivity index (χ3v) is 6.04. The highest BCUT2D eigenvalue weighted by molar-refractivity contribution is 9.13. The van der Waals surface area contributed by atoms with Gasteiger partial charge in [0.25, 0.3) is 5.91 Å². The monoisotopic (exact) mass is 505 g/mol. The van der Waals surface area contributed by atoms with Crippen molar-refractivity contribution in [3.05, 3.63) is 60.3 Å². The minimum absolute atomic E-state index is 0.239. The molecule has 1 aromatic carbocycles. The number of halogens is 4. The van der Waals surface area contributed by atoms with Crippen LogP contribution in [-0.4, -0.2) is 25.9 Å². The molecule has 2 aromatic heterocycles. The van der Waals surface area contributed by atoms with Gasteiger partial charge in [0.15, 0.2) is 11.5 Å². The van der Waals surface area contributed by atoms with E-state index >= 15 is 0 Å². The van der Waals surface area contributed by atoms with E-state index in [4.69, 9.17) is 23.2 Å². The van der Waals surface area contributed by atoms with Crippen LogP contribution >= 0.6 is 55.1 Å². The van der Waals surface area contributed by atoms with Crippen molar-refractivity contribution in [1.29, 1.82) is 0 Å². The number of nitrogens with one attached hydrogen (secondary N) is 2.